The zero-order valence-electron chi connectivity index (χ0n) is 5.71. The summed E-state index contributed by atoms with van der Waals surface area (Å²) in [6.07, 6.45) is 0. The minimum atomic E-state index is -0.552. The Morgan fingerprint density at radius 3 is 2.70 bits per heavy atom. The summed E-state index contributed by atoms with van der Waals surface area (Å²) < 4.78 is 0. The average Bonchev–Trinajstić information content (AvgIpc) is 1.99. The van der Waals surface area contributed by atoms with E-state index in [1.54, 1.807) is 6.07 Å². The van der Waals surface area contributed by atoms with Crippen molar-refractivity contribution in [2.45, 2.75) is 0 Å². The van der Waals surface area contributed by atoms with Crippen LogP contribution in [0.25, 0.3) is 0 Å². The molecule has 0 spiro atoms. The summed E-state index contributed by atoms with van der Waals surface area (Å²) in [6, 6.07) is 1.57. The largest absolute Gasteiger partial charge is 0.398 e. The molecule has 0 radical (unpaired) electrons. The van der Waals surface area contributed by atoms with Gasteiger partial charge in [-0.1, -0.05) is 5.16 Å². The second-order valence-corrected chi connectivity index (χ2v) is 1.31. The van der Waals surface area contributed by atoms with Crippen LogP contribution in [-0.2, 0) is 9.63 Å². The van der Waals surface area contributed by atoms with Crippen LogP contribution in [0.1, 0.15) is 0 Å². The van der Waals surface area contributed by atoms with E-state index in [-0.39, 0.29) is 5.71 Å². The molecule has 0 bridgehead atoms. The molecular formula is C5H7N3O2. The van der Waals surface area contributed by atoms with Crippen LogP contribution in [0, 0.1) is 11.3 Å². The van der Waals surface area contributed by atoms with E-state index in [2.05, 4.69) is 15.3 Å². The lowest BCUT2D eigenvalue weighted by molar-refractivity contribution is -0.114. The van der Waals surface area contributed by atoms with Crippen LogP contribution in [-0.4, -0.2) is 25.8 Å². The first-order valence-electron chi connectivity index (χ1n) is 2.49. The fourth-order valence-corrected chi connectivity index (χ4v) is 0.322. The van der Waals surface area contributed by atoms with Gasteiger partial charge < -0.3 is 10.2 Å². The predicted octanol–water partition coefficient (Wildman–Crippen LogP) is -0.742. The molecule has 0 saturated heterocycles. The van der Waals surface area contributed by atoms with E-state index >= 15 is 0 Å². The highest BCUT2D eigenvalue weighted by Gasteiger charge is 2.07. The van der Waals surface area contributed by atoms with Gasteiger partial charge in [0.2, 0.25) is 5.71 Å². The molecule has 0 aromatic heterocycles. The Morgan fingerprint density at radius 1 is 1.80 bits per heavy atom. The van der Waals surface area contributed by atoms with Crippen molar-refractivity contribution < 1.29 is 9.63 Å². The summed E-state index contributed by atoms with van der Waals surface area (Å²) in [7, 11) is 2.67. The summed E-state index contributed by atoms with van der Waals surface area (Å²) in [6.45, 7) is 0. The fourth-order valence-electron chi connectivity index (χ4n) is 0.322. The Balaban J connectivity index is 4.25. The van der Waals surface area contributed by atoms with E-state index < -0.39 is 5.91 Å². The molecule has 0 aromatic carbocycles. The molecule has 0 aromatic rings. The molecule has 0 aliphatic rings. The maximum atomic E-state index is 10.6. The van der Waals surface area contributed by atoms with Crippen molar-refractivity contribution in [1.29, 1.82) is 5.26 Å². The maximum Gasteiger partial charge on any atom is 0.284 e. The lowest BCUT2D eigenvalue weighted by Gasteiger charge is -1.92. The zero-order chi connectivity index (χ0) is 7.98. The highest BCUT2D eigenvalue weighted by Crippen LogP contribution is 1.76. The van der Waals surface area contributed by atoms with E-state index in [1.807, 2.05) is 0 Å². The Bertz CT molecular complexity index is 192. The van der Waals surface area contributed by atoms with E-state index in [4.69, 9.17) is 5.26 Å². The van der Waals surface area contributed by atoms with Crippen LogP contribution in [0.4, 0.5) is 0 Å². The van der Waals surface area contributed by atoms with Gasteiger partial charge >= 0.3 is 0 Å². The van der Waals surface area contributed by atoms with Crippen molar-refractivity contribution in [2.24, 2.45) is 5.16 Å². The molecule has 0 aliphatic heterocycles. The summed E-state index contributed by atoms with van der Waals surface area (Å²) in [4.78, 5) is 14.8. The van der Waals surface area contributed by atoms with Crippen molar-refractivity contribution in [3.63, 3.8) is 0 Å². The Labute approximate surface area is 58.3 Å². The van der Waals surface area contributed by atoms with Crippen LogP contribution in [0.15, 0.2) is 5.16 Å². The smallest absolute Gasteiger partial charge is 0.284 e. The lowest BCUT2D eigenvalue weighted by atomic mass is 10.4. The third kappa shape index (κ3) is 2.13. The molecule has 10 heavy (non-hydrogen) atoms. The third-order valence-electron chi connectivity index (χ3n) is 0.731. The number of amides is 1. The van der Waals surface area contributed by atoms with E-state index in [9.17, 15) is 4.79 Å². The van der Waals surface area contributed by atoms with Gasteiger partial charge in [0.05, 0.1) is 0 Å². The molecule has 5 nitrogen and oxygen atoms in total. The number of nitrogens with one attached hydrogen (secondary N) is 1. The van der Waals surface area contributed by atoms with Crippen LogP contribution in [0.3, 0.4) is 0 Å². The molecule has 0 atom stereocenters. The minimum Gasteiger partial charge on any atom is -0.398 e. The van der Waals surface area contributed by atoms with Crippen LogP contribution in [0.2, 0.25) is 0 Å². The number of hydrogen-bond acceptors (Lipinski definition) is 4. The van der Waals surface area contributed by atoms with Crippen molar-refractivity contribution in [3.8, 4) is 6.07 Å². The van der Waals surface area contributed by atoms with Crippen LogP contribution in [0.5, 0.6) is 0 Å². The molecule has 1 N–H and O–H groups in total. The molecule has 0 unspecified atom stereocenters. The van der Waals surface area contributed by atoms with Gasteiger partial charge in [-0.05, 0) is 0 Å². The van der Waals surface area contributed by atoms with E-state index in [0.29, 0.717) is 0 Å². The summed E-state index contributed by atoms with van der Waals surface area (Å²) in [5, 5.41) is 13.6. The second kappa shape index (κ2) is 4.32. The lowest BCUT2D eigenvalue weighted by Crippen LogP contribution is -2.26. The summed E-state index contributed by atoms with van der Waals surface area (Å²) in [5.41, 5.74) is -0.287. The van der Waals surface area contributed by atoms with Gasteiger partial charge in [-0.3, -0.25) is 4.79 Å². The number of nitriles is 1. The Morgan fingerprint density at radius 2 is 2.40 bits per heavy atom. The number of nitrogens with zero attached hydrogens (tertiary/aromatic N) is 2. The number of carbonyl (C=O) groups excluding carboxylic acids is 1. The van der Waals surface area contributed by atoms with Gasteiger partial charge in [-0.15, -0.1) is 0 Å². The van der Waals surface area contributed by atoms with E-state index in [1.165, 1.54) is 14.2 Å². The van der Waals surface area contributed by atoms with Crippen LogP contribution < -0.4 is 5.32 Å². The van der Waals surface area contributed by atoms with E-state index in [0.717, 1.165) is 0 Å². The highest BCUT2D eigenvalue weighted by atomic mass is 16.6. The molecule has 0 heterocycles. The van der Waals surface area contributed by atoms with Gasteiger partial charge in [-0.25, -0.2) is 0 Å². The van der Waals surface area contributed by atoms with Crippen LogP contribution >= 0.6 is 0 Å². The fraction of sp³-hybridized carbons (Fsp3) is 0.400. The van der Waals surface area contributed by atoms with Gasteiger partial charge in [-0.2, -0.15) is 5.26 Å². The summed E-state index contributed by atoms with van der Waals surface area (Å²) in [5.74, 6) is -0.552. The molecule has 54 valence electrons. The SMILES string of the molecule is CNC(=O)C(C#N)=NOC. The van der Waals surface area contributed by atoms with Gasteiger partial charge in [0, 0.05) is 7.05 Å². The topological polar surface area (TPSA) is 74.5 Å². The molecule has 1 amide bonds. The normalized spacial score (nSPS) is 9.90. The van der Waals surface area contributed by atoms with Gasteiger partial charge in [0.15, 0.2) is 0 Å². The monoisotopic (exact) mass is 141 g/mol. The van der Waals surface area contributed by atoms with Gasteiger partial charge in [0.25, 0.3) is 5.91 Å². The predicted molar refractivity (Wildman–Crippen MR) is 34.1 cm³/mol. The molecule has 5 heteroatoms. The van der Waals surface area contributed by atoms with Crippen molar-refractivity contribution in [2.75, 3.05) is 14.2 Å². The van der Waals surface area contributed by atoms with Crippen molar-refractivity contribution in [3.05, 3.63) is 0 Å². The quantitative estimate of drug-likeness (QED) is 0.406. The molecule has 0 rings (SSSR count). The third-order valence-corrected chi connectivity index (χ3v) is 0.731. The molecule has 0 fully saturated rings. The first-order valence-corrected chi connectivity index (χ1v) is 2.49. The number of rotatable bonds is 2. The molecular weight excluding hydrogens is 134 g/mol. The molecule has 0 saturated carbocycles. The first kappa shape index (κ1) is 8.43. The van der Waals surface area contributed by atoms with Crippen molar-refractivity contribution >= 4 is 11.6 Å². The average molecular weight is 141 g/mol. The maximum absolute atomic E-state index is 10.6. The zero-order valence-corrected chi connectivity index (χ0v) is 5.71. The first-order chi connectivity index (χ1) is 4.76. The van der Waals surface area contributed by atoms with Gasteiger partial charge in [0.1, 0.15) is 13.2 Å². The Hall–Kier alpha value is -1.57. The highest BCUT2D eigenvalue weighted by molar-refractivity contribution is 6.44. The number of hydrogen-bond donors (Lipinski definition) is 1. The Kier molecular flexibility index (Phi) is 3.64. The standard InChI is InChI=1S/C5H7N3O2/c1-7-5(9)4(3-6)8-10-2/h1-2H3,(H,7,9). The number of carbonyl (C=O) groups is 1. The number of oxime groups is 1. The summed E-state index contributed by atoms with van der Waals surface area (Å²) >= 11 is 0. The van der Waals surface area contributed by atoms with Crippen molar-refractivity contribution in [1.82, 2.24) is 5.32 Å². The minimum absolute atomic E-state index is 0.287. The molecule has 0 aliphatic carbocycles. The second-order valence-electron chi connectivity index (χ2n) is 1.31.